The van der Waals surface area contributed by atoms with E-state index in [0.29, 0.717) is 29.7 Å². The number of methoxy groups -OCH3 is 1. The van der Waals surface area contributed by atoms with Crippen LogP contribution in [0.3, 0.4) is 0 Å². The van der Waals surface area contributed by atoms with Crippen molar-refractivity contribution in [2.75, 3.05) is 25.8 Å². The van der Waals surface area contributed by atoms with Crippen LogP contribution in [0.5, 0.6) is 0 Å². The number of aromatic nitrogens is 1. The minimum absolute atomic E-state index is 0.0418. The lowest BCUT2D eigenvalue weighted by Crippen LogP contribution is -2.25. The number of halogens is 1. The number of ether oxygens (including phenoxy) is 2. The van der Waals surface area contributed by atoms with Gasteiger partial charge in [-0.05, 0) is 31.9 Å². The van der Waals surface area contributed by atoms with Crippen molar-refractivity contribution in [1.82, 2.24) is 4.98 Å². The fourth-order valence-electron chi connectivity index (χ4n) is 2.51. The zero-order chi connectivity index (χ0) is 22.4. The monoisotopic (exact) mass is 471 g/mol. The van der Waals surface area contributed by atoms with Gasteiger partial charge in [0, 0.05) is 12.7 Å². The number of sulfone groups is 1. The molecule has 0 saturated heterocycles. The Hall–Kier alpha value is -2.41. The molecule has 1 aromatic heterocycles. The third-order valence-corrected chi connectivity index (χ3v) is 7.25. The standard InChI is InChI=1S/C19H22FN3O6S2/c1-12(28-11-27-2)10-29-23-17(18(24)22-19-21-9-16(20)30-19)13-3-5-14(6-4-13)31(25,26)15-7-8-15/h3-6,9,12,15H,7-8,10-11H2,1-2H3,(H,21,22,24)/t12-/m0/s1. The van der Waals surface area contributed by atoms with E-state index in [1.165, 1.54) is 31.4 Å². The molecule has 1 aliphatic rings. The Bertz CT molecular complexity index is 1040. The number of anilines is 1. The van der Waals surface area contributed by atoms with Crippen LogP contribution in [0.25, 0.3) is 0 Å². The first-order valence-corrected chi connectivity index (χ1v) is 11.7. The van der Waals surface area contributed by atoms with Crippen molar-refractivity contribution < 1.29 is 31.9 Å². The second kappa shape index (κ2) is 10.3. The maximum Gasteiger partial charge on any atom is 0.280 e. The number of carbonyl (C=O) groups excluding carboxylic acids is 1. The van der Waals surface area contributed by atoms with Gasteiger partial charge in [0.05, 0.1) is 22.4 Å². The topological polar surface area (TPSA) is 116 Å². The van der Waals surface area contributed by atoms with Crippen LogP contribution in [-0.2, 0) is 28.9 Å². The van der Waals surface area contributed by atoms with Crippen LogP contribution in [0.2, 0.25) is 0 Å². The van der Waals surface area contributed by atoms with Crippen LogP contribution in [0, 0.1) is 5.13 Å². The summed E-state index contributed by atoms with van der Waals surface area (Å²) in [5.74, 6) is -0.683. The Morgan fingerprint density at radius 3 is 2.65 bits per heavy atom. The molecule has 0 spiro atoms. The first kappa shape index (κ1) is 23.3. The Morgan fingerprint density at radius 1 is 1.35 bits per heavy atom. The van der Waals surface area contributed by atoms with Crippen LogP contribution < -0.4 is 5.32 Å². The van der Waals surface area contributed by atoms with Crippen LogP contribution in [0.4, 0.5) is 9.52 Å². The number of rotatable bonds is 11. The van der Waals surface area contributed by atoms with Crippen LogP contribution in [0.15, 0.2) is 40.5 Å². The van der Waals surface area contributed by atoms with Gasteiger partial charge in [0.2, 0.25) is 0 Å². The average Bonchev–Trinajstić information content (AvgIpc) is 3.53. The number of hydrogen-bond donors (Lipinski definition) is 1. The Balaban J connectivity index is 1.78. The number of oxime groups is 1. The van der Waals surface area contributed by atoms with E-state index in [9.17, 15) is 17.6 Å². The highest BCUT2D eigenvalue weighted by Gasteiger charge is 2.36. The molecule has 1 atom stereocenters. The Labute approximate surface area is 183 Å². The van der Waals surface area contributed by atoms with Gasteiger partial charge in [-0.25, -0.2) is 13.4 Å². The first-order valence-electron chi connectivity index (χ1n) is 9.38. The lowest BCUT2D eigenvalue weighted by Gasteiger charge is -2.12. The summed E-state index contributed by atoms with van der Waals surface area (Å²) in [5.41, 5.74) is 0.208. The average molecular weight is 472 g/mol. The molecule has 0 aliphatic heterocycles. The van der Waals surface area contributed by atoms with Crippen LogP contribution >= 0.6 is 11.3 Å². The summed E-state index contributed by atoms with van der Waals surface area (Å²) >= 11 is 0.664. The molecule has 12 heteroatoms. The highest BCUT2D eigenvalue weighted by molar-refractivity contribution is 7.92. The lowest BCUT2D eigenvalue weighted by molar-refractivity contribution is -0.110. The van der Waals surface area contributed by atoms with Crippen molar-refractivity contribution in [3.63, 3.8) is 0 Å². The smallest absolute Gasteiger partial charge is 0.280 e. The van der Waals surface area contributed by atoms with Crippen molar-refractivity contribution in [3.8, 4) is 0 Å². The fourth-order valence-corrected chi connectivity index (χ4v) is 4.70. The molecule has 1 aromatic carbocycles. The van der Waals surface area contributed by atoms with E-state index >= 15 is 0 Å². The summed E-state index contributed by atoms with van der Waals surface area (Å²) < 4.78 is 48.1. The third-order valence-electron chi connectivity index (χ3n) is 4.27. The molecule has 2 aromatic rings. The van der Waals surface area contributed by atoms with Crippen molar-refractivity contribution >= 4 is 37.9 Å². The number of thiazole rings is 1. The number of amides is 1. The van der Waals surface area contributed by atoms with Crippen molar-refractivity contribution in [2.45, 2.75) is 36.0 Å². The van der Waals surface area contributed by atoms with Gasteiger partial charge >= 0.3 is 0 Å². The van der Waals surface area contributed by atoms with Crippen molar-refractivity contribution in [3.05, 3.63) is 41.2 Å². The number of nitrogens with zero attached hydrogens (tertiary/aromatic N) is 2. The van der Waals surface area contributed by atoms with Crippen molar-refractivity contribution in [1.29, 1.82) is 0 Å². The van der Waals surface area contributed by atoms with E-state index in [4.69, 9.17) is 14.3 Å². The van der Waals surface area contributed by atoms with Crippen LogP contribution in [-0.4, -0.2) is 56.9 Å². The SMILES string of the molecule is COCO[C@@H](C)CON=C(C(=O)Nc1ncc(F)s1)c1ccc(S(=O)(=O)C2CC2)cc1. The molecule has 0 radical (unpaired) electrons. The summed E-state index contributed by atoms with van der Waals surface area (Å²) in [5, 5.41) is 5.52. The minimum Gasteiger partial charge on any atom is -0.392 e. The second-order valence-electron chi connectivity index (χ2n) is 6.81. The van der Waals surface area contributed by atoms with Gasteiger partial charge in [0.15, 0.2) is 25.8 Å². The molecule has 1 aliphatic carbocycles. The Morgan fingerprint density at radius 2 is 2.06 bits per heavy atom. The summed E-state index contributed by atoms with van der Waals surface area (Å²) in [7, 11) is -1.87. The van der Waals surface area contributed by atoms with Gasteiger partial charge in [0.25, 0.3) is 5.91 Å². The van der Waals surface area contributed by atoms with Gasteiger partial charge in [0.1, 0.15) is 13.4 Å². The highest BCUT2D eigenvalue weighted by Crippen LogP contribution is 2.33. The zero-order valence-electron chi connectivity index (χ0n) is 16.9. The summed E-state index contributed by atoms with van der Waals surface area (Å²) in [4.78, 5) is 21.9. The number of carbonyl (C=O) groups is 1. The van der Waals surface area contributed by atoms with Gasteiger partial charge < -0.3 is 14.3 Å². The molecular formula is C19H22FN3O6S2. The van der Waals surface area contributed by atoms with E-state index in [-0.39, 0.29) is 40.5 Å². The van der Waals surface area contributed by atoms with E-state index in [0.717, 1.165) is 6.20 Å². The normalized spacial score (nSPS) is 15.5. The molecule has 1 heterocycles. The van der Waals surface area contributed by atoms with Crippen molar-refractivity contribution in [2.24, 2.45) is 5.16 Å². The number of nitrogens with one attached hydrogen (secondary N) is 1. The number of hydrogen-bond acceptors (Lipinski definition) is 9. The summed E-state index contributed by atoms with van der Waals surface area (Å²) in [6.45, 7) is 1.86. The second-order valence-corrected chi connectivity index (χ2v) is 10.0. The first-order chi connectivity index (χ1) is 14.8. The predicted octanol–water partition coefficient (Wildman–Crippen LogP) is 2.59. The summed E-state index contributed by atoms with van der Waals surface area (Å²) in [6, 6.07) is 5.81. The van der Waals surface area contributed by atoms with Gasteiger partial charge in [-0.3, -0.25) is 10.1 Å². The molecule has 0 unspecified atom stereocenters. The van der Waals surface area contributed by atoms with E-state index < -0.39 is 20.9 Å². The zero-order valence-corrected chi connectivity index (χ0v) is 18.5. The number of benzene rings is 1. The highest BCUT2D eigenvalue weighted by atomic mass is 32.2. The quantitative estimate of drug-likeness (QED) is 0.304. The lowest BCUT2D eigenvalue weighted by atomic mass is 10.1. The van der Waals surface area contributed by atoms with E-state index in [1.54, 1.807) is 6.92 Å². The molecule has 3 rings (SSSR count). The maximum absolute atomic E-state index is 13.2. The molecule has 1 saturated carbocycles. The minimum atomic E-state index is -3.36. The molecule has 9 nitrogen and oxygen atoms in total. The fraction of sp³-hybridized carbons (Fsp3) is 0.421. The van der Waals surface area contributed by atoms with Gasteiger partial charge in [-0.15, -0.1) is 0 Å². The molecule has 1 N–H and O–H groups in total. The maximum atomic E-state index is 13.2. The van der Waals surface area contributed by atoms with E-state index in [2.05, 4.69) is 15.5 Å². The van der Waals surface area contributed by atoms with E-state index in [1.807, 2.05) is 0 Å². The molecule has 0 bridgehead atoms. The molecule has 31 heavy (non-hydrogen) atoms. The van der Waals surface area contributed by atoms with Gasteiger partial charge in [-0.1, -0.05) is 28.6 Å². The largest absolute Gasteiger partial charge is 0.392 e. The molecule has 168 valence electrons. The molecule has 1 fully saturated rings. The Kier molecular flexibility index (Phi) is 7.70. The predicted molar refractivity (Wildman–Crippen MR) is 112 cm³/mol. The van der Waals surface area contributed by atoms with Gasteiger partial charge in [-0.2, -0.15) is 4.39 Å². The molecule has 1 amide bonds. The molecular weight excluding hydrogens is 449 g/mol. The summed E-state index contributed by atoms with van der Waals surface area (Å²) in [6.07, 6.45) is 1.94. The van der Waals surface area contributed by atoms with Crippen LogP contribution in [0.1, 0.15) is 25.3 Å². The third kappa shape index (κ3) is 6.29.